The van der Waals surface area contributed by atoms with Crippen molar-refractivity contribution in [2.24, 2.45) is 4.99 Å². The van der Waals surface area contributed by atoms with Crippen LogP contribution in [-0.2, 0) is 11.3 Å². The van der Waals surface area contributed by atoms with Gasteiger partial charge in [-0.25, -0.2) is 9.98 Å². The van der Waals surface area contributed by atoms with Crippen LogP contribution in [0.3, 0.4) is 0 Å². The number of thiophene rings is 1. The summed E-state index contributed by atoms with van der Waals surface area (Å²) < 4.78 is 10.7. The van der Waals surface area contributed by atoms with Crippen LogP contribution in [0.2, 0.25) is 0 Å². The fraction of sp³-hybridized carbons (Fsp3) is 0.500. The predicted molar refractivity (Wildman–Crippen MR) is 113 cm³/mol. The van der Waals surface area contributed by atoms with Gasteiger partial charge >= 0.3 is 0 Å². The van der Waals surface area contributed by atoms with Crippen LogP contribution in [0.1, 0.15) is 23.5 Å². The van der Waals surface area contributed by atoms with Crippen molar-refractivity contribution in [2.75, 3.05) is 46.5 Å². The number of hydrogen-bond acceptors (Lipinski definition) is 6. The number of rotatable bonds is 8. The lowest BCUT2D eigenvalue weighted by atomic mass is 10.2. The molecule has 1 saturated heterocycles. The van der Waals surface area contributed by atoms with E-state index < -0.39 is 0 Å². The van der Waals surface area contributed by atoms with E-state index >= 15 is 0 Å². The Morgan fingerprint density at radius 1 is 1.29 bits per heavy atom. The molecule has 28 heavy (non-hydrogen) atoms. The quantitative estimate of drug-likeness (QED) is 0.521. The molecule has 1 aliphatic heterocycles. The fourth-order valence-corrected chi connectivity index (χ4v) is 4.00. The van der Waals surface area contributed by atoms with Gasteiger partial charge in [0.15, 0.2) is 5.96 Å². The van der Waals surface area contributed by atoms with E-state index in [1.165, 1.54) is 4.88 Å². The minimum Gasteiger partial charge on any atom is -0.481 e. The molecule has 7 nitrogen and oxygen atoms in total. The van der Waals surface area contributed by atoms with Gasteiger partial charge in [-0.05, 0) is 24.4 Å². The molecule has 152 valence electrons. The molecule has 0 radical (unpaired) electrons. The first kappa shape index (κ1) is 20.6. The summed E-state index contributed by atoms with van der Waals surface area (Å²) in [5.41, 5.74) is 0.875. The Kier molecular flexibility index (Phi) is 8.07. The van der Waals surface area contributed by atoms with Crippen LogP contribution in [0.5, 0.6) is 5.88 Å². The number of morpholine rings is 1. The molecular formula is C20H29N5O2S. The van der Waals surface area contributed by atoms with Crippen LogP contribution >= 0.6 is 11.3 Å². The number of aromatic nitrogens is 1. The van der Waals surface area contributed by atoms with Gasteiger partial charge < -0.3 is 20.1 Å². The highest BCUT2D eigenvalue weighted by atomic mass is 32.1. The van der Waals surface area contributed by atoms with Crippen LogP contribution in [0, 0.1) is 0 Å². The first-order valence-corrected chi connectivity index (χ1v) is 10.6. The highest BCUT2D eigenvalue weighted by molar-refractivity contribution is 7.10. The maximum Gasteiger partial charge on any atom is 0.213 e. The Morgan fingerprint density at radius 3 is 2.86 bits per heavy atom. The molecule has 1 atom stereocenters. The molecule has 0 aliphatic carbocycles. The average molecular weight is 404 g/mol. The Morgan fingerprint density at radius 2 is 2.14 bits per heavy atom. The number of methoxy groups -OCH3 is 1. The van der Waals surface area contributed by atoms with Crippen LogP contribution in [0.25, 0.3) is 0 Å². The number of guanidine groups is 1. The summed E-state index contributed by atoms with van der Waals surface area (Å²) in [6.07, 6.45) is 0. The first-order valence-electron chi connectivity index (χ1n) is 9.67. The van der Waals surface area contributed by atoms with Crippen molar-refractivity contribution in [1.82, 2.24) is 20.5 Å². The number of aliphatic imine (C=N–C) groups is 1. The van der Waals surface area contributed by atoms with Gasteiger partial charge in [0.1, 0.15) is 0 Å². The lowest BCUT2D eigenvalue weighted by molar-refractivity contribution is 0.0177. The largest absolute Gasteiger partial charge is 0.481 e. The summed E-state index contributed by atoms with van der Waals surface area (Å²) in [6, 6.07) is 10.4. The minimum atomic E-state index is 0.308. The fourth-order valence-electron chi connectivity index (χ4n) is 3.13. The highest BCUT2D eigenvalue weighted by Gasteiger charge is 2.23. The summed E-state index contributed by atoms with van der Waals surface area (Å²) in [5.74, 6) is 1.40. The third-order valence-corrected chi connectivity index (χ3v) is 5.53. The highest BCUT2D eigenvalue weighted by Crippen LogP contribution is 2.25. The van der Waals surface area contributed by atoms with Crippen molar-refractivity contribution < 1.29 is 9.47 Å². The lowest BCUT2D eigenvalue weighted by Crippen LogP contribution is -2.46. The van der Waals surface area contributed by atoms with E-state index in [-0.39, 0.29) is 0 Å². The molecule has 0 amide bonds. The second-order valence-corrected chi connectivity index (χ2v) is 7.41. The molecular weight excluding hydrogens is 374 g/mol. The Labute approximate surface area is 170 Å². The van der Waals surface area contributed by atoms with Crippen LogP contribution in [0.4, 0.5) is 0 Å². The summed E-state index contributed by atoms with van der Waals surface area (Å²) in [4.78, 5) is 13.0. The number of pyridine rings is 1. The zero-order valence-corrected chi connectivity index (χ0v) is 17.4. The van der Waals surface area contributed by atoms with Gasteiger partial charge in [0.05, 0.1) is 38.6 Å². The molecule has 0 spiro atoms. The van der Waals surface area contributed by atoms with Crippen molar-refractivity contribution in [3.8, 4) is 5.88 Å². The van der Waals surface area contributed by atoms with E-state index in [9.17, 15) is 0 Å². The maximum atomic E-state index is 5.53. The molecule has 8 heteroatoms. The zero-order chi connectivity index (χ0) is 19.6. The van der Waals surface area contributed by atoms with Gasteiger partial charge in [0.25, 0.3) is 0 Å². The molecule has 3 rings (SSSR count). The van der Waals surface area contributed by atoms with E-state index in [1.807, 2.05) is 18.2 Å². The summed E-state index contributed by atoms with van der Waals surface area (Å²) >= 11 is 1.80. The van der Waals surface area contributed by atoms with Crippen molar-refractivity contribution >= 4 is 17.3 Å². The molecule has 2 N–H and O–H groups in total. The summed E-state index contributed by atoms with van der Waals surface area (Å²) in [7, 11) is 1.62. The number of ether oxygens (including phenoxy) is 2. The summed E-state index contributed by atoms with van der Waals surface area (Å²) in [6.45, 7) is 7.64. The lowest BCUT2D eigenvalue weighted by Gasteiger charge is -2.34. The molecule has 1 fully saturated rings. The number of hydrogen-bond donors (Lipinski definition) is 2. The van der Waals surface area contributed by atoms with Crippen LogP contribution in [-0.4, -0.2) is 62.3 Å². The second kappa shape index (κ2) is 11.0. The van der Waals surface area contributed by atoms with Crippen molar-refractivity contribution in [1.29, 1.82) is 0 Å². The third-order valence-electron chi connectivity index (χ3n) is 4.55. The van der Waals surface area contributed by atoms with E-state index in [0.717, 1.165) is 51.0 Å². The minimum absolute atomic E-state index is 0.308. The number of nitrogens with zero attached hydrogens (tertiary/aromatic N) is 3. The molecule has 2 aromatic heterocycles. The first-order chi connectivity index (χ1) is 13.8. The van der Waals surface area contributed by atoms with Gasteiger partial charge in [0.2, 0.25) is 5.88 Å². The molecule has 2 aromatic rings. The molecule has 0 aromatic carbocycles. The molecule has 0 bridgehead atoms. The van der Waals surface area contributed by atoms with Gasteiger partial charge in [-0.3, -0.25) is 4.90 Å². The Hall–Kier alpha value is -2.16. The SMILES string of the molecule is CCNC(=NCc1cccc(OC)n1)NCC(c1cccs1)N1CCOCC1. The zero-order valence-electron chi connectivity index (χ0n) is 16.6. The molecule has 0 saturated carbocycles. The Balaban J connectivity index is 1.65. The molecule has 1 aliphatic rings. The van der Waals surface area contributed by atoms with Crippen molar-refractivity contribution in [3.63, 3.8) is 0 Å². The number of nitrogens with one attached hydrogen (secondary N) is 2. The van der Waals surface area contributed by atoms with Crippen LogP contribution in [0.15, 0.2) is 40.7 Å². The summed E-state index contributed by atoms with van der Waals surface area (Å²) in [5, 5.41) is 8.97. The van der Waals surface area contributed by atoms with E-state index in [4.69, 9.17) is 14.5 Å². The van der Waals surface area contributed by atoms with Gasteiger partial charge in [-0.1, -0.05) is 12.1 Å². The van der Waals surface area contributed by atoms with Crippen molar-refractivity contribution in [2.45, 2.75) is 19.5 Å². The topological polar surface area (TPSA) is 71.0 Å². The van der Waals surface area contributed by atoms with Crippen LogP contribution < -0.4 is 15.4 Å². The molecule has 1 unspecified atom stereocenters. The standard InChI is InChI=1S/C20H29N5O2S/c1-3-21-20(22-14-16-6-4-8-19(24-16)26-2)23-15-17(18-7-5-13-28-18)25-9-11-27-12-10-25/h4-8,13,17H,3,9-12,14-15H2,1-2H3,(H2,21,22,23). The monoisotopic (exact) mass is 403 g/mol. The van der Waals surface area contributed by atoms with E-state index in [2.05, 4.69) is 45.0 Å². The van der Waals surface area contributed by atoms with Gasteiger partial charge in [-0.2, -0.15) is 0 Å². The molecule has 3 heterocycles. The maximum absolute atomic E-state index is 5.53. The normalized spacial score (nSPS) is 16.6. The van der Waals surface area contributed by atoms with E-state index in [0.29, 0.717) is 18.5 Å². The van der Waals surface area contributed by atoms with Gasteiger partial charge in [0, 0.05) is 37.1 Å². The van der Waals surface area contributed by atoms with Gasteiger partial charge in [-0.15, -0.1) is 11.3 Å². The van der Waals surface area contributed by atoms with E-state index in [1.54, 1.807) is 18.4 Å². The third kappa shape index (κ3) is 5.92. The van der Waals surface area contributed by atoms with Crippen molar-refractivity contribution in [3.05, 3.63) is 46.3 Å². The predicted octanol–water partition coefficient (Wildman–Crippen LogP) is 2.28. The smallest absolute Gasteiger partial charge is 0.213 e. The average Bonchev–Trinajstić information content (AvgIpc) is 3.27. The second-order valence-electron chi connectivity index (χ2n) is 6.43. The Bertz CT molecular complexity index is 732.